The Morgan fingerprint density at radius 3 is 2.67 bits per heavy atom. The maximum Gasteiger partial charge on any atom is 0.175 e. The molecule has 0 aromatic heterocycles. The molecule has 0 spiro atoms. The molecular weight excluding hydrogens is 332 g/mol. The molecule has 0 bridgehead atoms. The molecule has 0 aliphatic carbocycles. The Morgan fingerprint density at radius 1 is 1.14 bits per heavy atom. The molecule has 21 heavy (non-hydrogen) atoms. The molecule has 2 aromatic rings. The first-order valence-corrected chi connectivity index (χ1v) is 7.37. The molecule has 0 fully saturated rings. The van der Waals surface area contributed by atoms with Gasteiger partial charge in [0.05, 0.1) is 10.5 Å². The number of nitriles is 1. The van der Waals surface area contributed by atoms with Crippen molar-refractivity contribution in [2.45, 2.75) is 6.04 Å². The molecule has 2 aromatic carbocycles. The topological polar surface area (TPSA) is 54.3 Å². The molecule has 1 N–H and O–H groups in total. The van der Waals surface area contributed by atoms with Gasteiger partial charge in [-0.1, -0.05) is 18.2 Å². The van der Waals surface area contributed by atoms with Gasteiger partial charge < -0.3 is 14.8 Å². The van der Waals surface area contributed by atoms with Gasteiger partial charge in [0.2, 0.25) is 0 Å². The second kappa shape index (κ2) is 6.06. The summed E-state index contributed by atoms with van der Waals surface area (Å²) in [5.41, 5.74) is 1.73. The van der Waals surface area contributed by atoms with Crippen molar-refractivity contribution in [3.63, 3.8) is 0 Å². The smallest absolute Gasteiger partial charge is 0.175 e. The lowest BCUT2D eigenvalue weighted by molar-refractivity contribution is 0.170. The average molecular weight is 345 g/mol. The summed E-state index contributed by atoms with van der Waals surface area (Å²) in [6.45, 7) is 1.06. The van der Waals surface area contributed by atoms with Gasteiger partial charge in [0.25, 0.3) is 0 Å². The zero-order valence-electron chi connectivity index (χ0n) is 11.2. The molecular formula is C16H13BrN2O2. The Balaban J connectivity index is 1.91. The minimum atomic E-state index is -0.459. The molecule has 1 aliphatic rings. The second-order valence-electron chi connectivity index (χ2n) is 4.60. The van der Waals surface area contributed by atoms with E-state index in [0.29, 0.717) is 24.7 Å². The molecule has 4 nitrogen and oxygen atoms in total. The van der Waals surface area contributed by atoms with E-state index in [9.17, 15) is 5.26 Å². The first kappa shape index (κ1) is 13.8. The highest BCUT2D eigenvalue weighted by Crippen LogP contribution is 2.40. The Hall–Kier alpha value is -2.19. The summed E-state index contributed by atoms with van der Waals surface area (Å²) < 4.78 is 12.0. The van der Waals surface area contributed by atoms with E-state index in [1.165, 1.54) is 0 Å². The van der Waals surface area contributed by atoms with Gasteiger partial charge in [-0.3, -0.25) is 0 Å². The number of nitrogens with zero attached hydrogens (tertiary/aromatic N) is 1. The standard InChI is InChI=1S/C16H13BrN2O2/c17-13-8-11(9-15-16(13)21-7-6-20-15)14(10-18)19-12-4-2-1-3-5-12/h1-5,8-9,14,19H,6-7H2. The average Bonchev–Trinajstić information content (AvgIpc) is 2.53. The maximum absolute atomic E-state index is 9.44. The number of hydrogen-bond acceptors (Lipinski definition) is 4. The molecule has 3 rings (SSSR count). The Morgan fingerprint density at radius 2 is 1.90 bits per heavy atom. The molecule has 1 unspecified atom stereocenters. The van der Waals surface area contributed by atoms with Crippen LogP contribution in [-0.4, -0.2) is 13.2 Å². The number of halogens is 1. The number of fused-ring (bicyclic) bond motifs is 1. The fourth-order valence-corrected chi connectivity index (χ4v) is 2.76. The van der Waals surface area contributed by atoms with E-state index in [1.807, 2.05) is 42.5 Å². The van der Waals surface area contributed by atoms with Gasteiger partial charge in [0.1, 0.15) is 19.3 Å². The van der Waals surface area contributed by atoms with Gasteiger partial charge in [0, 0.05) is 5.69 Å². The summed E-state index contributed by atoms with van der Waals surface area (Å²) in [5, 5.41) is 12.6. The molecule has 0 radical (unpaired) electrons. The maximum atomic E-state index is 9.44. The van der Waals surface area contributed by atoms with Crippen molar-refractivity contribution in [3.8, 4) is 17.6 Å². The predicted octanol–water partition coefficient (Wildman–Crippen LogP) is 3.90. The Bertz CT molecular complexity index is 683. The van der Waals surface area contributed by atoms with Gasteiger partial charge in [-0.2, -0.15) is 5.26 Å². The summed E-state index contributed by atoms with van der Waals surface area (Å²) >= 11 is 3.47. The van der Waals surface area contributed by atoms with Crippen LogP contribution >= 0.6 is 15.9 Å². The predicted molar refractivity (Wildman–Crippen MR) is 83.6 cm³/mol. The van der Waals surface area contributed by atoms with Gasteiger partial charge >= 0.3 is 0 Å². The Kier molecular flexibility index (Phi) is 3.98. The summed E-state index contributed by atoms with van der Waals surface area (Å²) in [6.07, 6.45) is 0. The van der Waals surface area contributed by atoms with Crippen LogP contribution in [0.3, 0.4) is 0 Å². The van der Waals surface area contributed by atoms with Gasteiger partial charge in [-0.15, -0.1) is 0 Å². The van der Waals surface area contributed by atoms with E-state index >= 15 is 0 Å². The van der Waals surface area contributed by atoms with E-state index in [2.05, 4.69) is 27.3 Å². The van der Waals surface area contributed by atoms with Gasteiger partial charge in [0.15, 0.2) is 11.5 Å². The fourth-order valence-electron chi connectivity index (χ4n) is 2.19. The first-order chi connectivity index (χ1) is 10.3. The number of nitrogens with one attached hydrogen (secondary N) is 1. The summed E-state index contributed by atoms with van der Waals surface area (Å²) in [7, 11) is 0. The molecule has 1 aliphatic heterocycles. The SMILES string of the molecule is N#CC(Nc1ccccc1)c1cc(Br)c2c(c1)OCCO2. The van der Waals surface area contributed by atoms with Crippen molar-refractivity contribution >= 4 is 21.6 Å². The minimum Gasteiger partial charge on any atom is -0.486 e. The highest BCUT2D eigenvalue weighted by molar-refractivity contribution is 9.10. The Labute approximate surface area is 131 Å². The lowest BCUT2D eigenvalue weighted by atomic mass is 10.1. The number of rotatable bonds is 3. The summed E-state index contributed by atoms with van der Waals surface area (Å²) in [5.74, 6) is 1.36. The number of anilines is 1. The van der Waals surface area contributed by atoms with E-state index < -0.39 is 6.04 Å². The van der Waals surface area contributed by atoms with E-state index in [0.717, 1.165) is 15.7 Å². The highest BCUT2D eigenvalue weighted by Gasteiger charge is 2.20. The van der Waals surface area contributed by atoms with Gasteiger partial charge in [-0.25, -0.2) is 0 Å². The third-order valence-corrected chi connectivity index (χ3v) is 3.76. The van der Waals surface area contributed by atoms with Crippen LogP contribution in [0.1, 0.15) is 11.6 Å². The molecule has 0 amide bonds. The van der Waals surface area contributed by atoms with Crippen molar-refractivity contribution in [2.75, 3.05) is 18.5 Å². The molecule has 106 valence electrons. The van der Waals surface area contributed by atoms with Crippen molar-refractivity contribution in [1.82, 2.24) is 0 Å². The summed E-state index contributed by atoms with van der Waals surface area (Å²) in [6, 6.07) is 15.2. The number of benzene rings is 2. The van der Waals surface area contributed by atoms with Crippen LogP contribution in [0, 0.1) is 11.3 Å². The fraction of sp³-hybridized carbons (Fsp3) is 0.188. The normalized spacial score (nSPS) is 14.1. The number of hydrogen-bond donors (Lipinski definition) is 1. The van der Waals surface area contributed by atoms with E-state index in [-0.39, 0.29) is 0 Å². The lowest BCUT2D eigenvalue weighted by Gasteiger charge is -2.22. The van der Waals surface area contributed by atoms with Crippen LogP contribution in [0.5, 0.6) is 11.5 Å². The molecule has 1 atom stereocenters. The monoisotopic (exact) mass is 344 g/mol. The minimum absolute atomic E-state index is 0.459. The zero-order valence-corrected chi connectivity index (χ0v) is 12.8. The first-order valence-electron chi connectivity index (χ1n) is 6.58. The lowest BCUT2D eigenvalue weighted by Crippen LogP contribution is -2.17. The van der Waals surface area contributed by atoms with Gasteiger partial charge in [-0.05, 0) is 45.8 Å². The van der Waals surface area contributed by atoms with Crippen molar-refractivity contribution in [2.24, 2.45) is 0 Å². The third kappa shape index (κ3) is 2.96. The van der Waals surface area contributed by atoms with Crippen LogP contribution in [-0.2, 0) is 0 Å². The summed E-state index contributed by atoms with van der Waals surface area (Å²) in [4.78, 5) is 0. The van der Waals surface area contributed by atoms with Crippen molar-refractivity contribution in [3.05, 3.63) is 52.5 Å². The van der Waals surface area contributed by atoms with Crippen LogP contribution in [0.25, 0.3) is 0 Å². The third-order valence-electron chi connectivity index (χ3n) is 3.17. The zero-order chi connectivity index (χ0) is 14.7. The van der Waals surface area contributed by atoms with Crippen molar-refractivity contribution < 1.29 is 9.47 Å². The highest BCUT2D eigenvalue weighted by atomic mass is 79.9. The van der Waals surface area contributed by atoms with Crippen LogP contribution in [0.2, 0.25) is 0 Å². The molecule has 5 heteroatoms. The molecule has 1 heterocycles. The largest absolute Gasteiger partial charge is 0.486 e. The van der Waals surface area contributed by atoms with Crippen LogP contribution in [0.4, 0.5) is 5.69 Å². The molecule has 0 saturated carbocycles. The molecule has 0 saturated heterocycles. The van der Waals surface area contributed by atoms with E-state index in [4.69, 9.17) is 9.47 Å². The number of ether oxygens (including phenoxy) is 2. The van der Waals surface area contributed by atoms with Crippen molar-refractivity contribution in [1.29, 1.82) is 5.26 Å². The van der Waals surface area contributed by atoms with E-state index in [1.54, 1.807) is 0 Å². The quantitative estimate of drug-likeness (QED) is 0.917. The second-order valence-corrected chi connectivity index (χ2v) is 5.45. The van der Waals surface area contributed by atoms with Crippen LogP contribution < -0.4 is 14.8 Å². The number of para-hydroxylation sites is 1. The van der Waals surface area contributed by atoms with Crippen LogP contribution in [0.15, 0.2) is 46.9 Å².